The second kappa shape index (κ2) is 8.35. The van der Waals surface area contributed by atoms with E-state index in [1.807, 2.05) is 12.1 Å². The van der Waals surface area contributed by atoms with Crippen LogP contribution < -0.4 is 5.32 Å². The monoisotopic (exact) mass is 277 g/mol. The Kier molecular flexibility index (Phi) is 6.77. The van der Waals surface area contributed by atoms with E-state index in [0.717, 1.165) is 12.8 Å². The summed E-state index contributed by atoms with van der Waals surface area (Å²) in [6.45, 7) is 4.58. The first kappa shape index (κ1) is 16.2. The van der Waals surface area contributed by atoms with Crippen molar-refractivity contribution >= 4 is 11.9 Å². The zero-order valence-corrected chi connectivity index (χ0v) is 12.2. The minimum atomic E-state index is -0.911. The highest BCUT2D eigenvalue weighted by Gasteiger charge is 2.06. The van der Waals surface area contributed by atoms with Crippen LogP contribution in [0.2, 0.25) is 0 Å². The van der Waals surface area contributed by atoms with Gasteiger partial charge in [-0.15, -0.1) is 0 Å². The summed E-state index contributed by atoms with van der Waals surface area (Å²) in [6.07, 6.45) is 3.33. The Morgan fingerprint density at radius 1 is 1.20 bits per heavy atom. The Labute approximate surface area is 120 Å². The summed E-state index contributed by atoms with van der Waals surface area (Å²) in [5.41, 5.74) is 1.80. The van der Waals surface area contributed by atoms with E-state index < -0.39 is 5.97 Å². The number of benzene rings is 1. The fraction of sp³-hybridized carbons (Fsp3) is 0.500. The maximum Gasteiger partial charge on any atom is 0.305 e. The zero-order chi connectivity index (χ0) is 15.0. The third kappa shape index (κ3) is 6.36. The van der Waals surface area contributed by atoms with Gasteiger partial charge in [-0.2, -0.15) is 0 Å². The molecule has 1 aromatic carbocycles. The van der Waals surface area contributed by atoms with Gasteiger partial charge in [-0.3, -0.25) is 9.59 Å². The Hall–Kier alpha value is -1.84. The molecule has 0 aliphatic rings. The molecule has 4 heteroatoms. The number of hydrogen-bond donors (Lipinski definition) is 2. The Morgan fingerprint density at radius 2 is 1.85 bits per heavy atom. The third-order valence-corrected chi connectivity index (χ3v) is 3.09. The molecule has 0 radical (unpaired) electrons. The molecule has 4 nitrogen and oxygen atoms in total. The fourth-order valence-electron chi connectivity index (χ4n) is 1.92. The second-order valence-corrected chi connectivity index (χ2v) is 5.38. The number of hydrogen-bond acceptors (Lipinski definition) is 2. The van der Waals surface area contributed by atoms with Gasteiger partial charge in [-0.05, 0) is 36.5 Å². The first-order chi connectivity index (χ1) is 9.49. The number of amides is 1. The Balaban J connectivity index is 2.41. The number of carboxylic acids is 1. The number of aliphatic carboxylic acids is 1. The summed E-state index contributed by atoms with van der Waals surface area (Å²) in [4.78, 5) is 22.1. The molecule has 0 heterocycles. The largest absolute Gasteiger partial charge is 0.481 e. The minimum absolute atomic E-state index is 0.0565. The van der Waals surface area contributed by atoms with Crippen molar-refractivity contribution in [2.45, 2.75) is 39.5 Å². The van der Waals surface area contributed by atoms with Crippen LogP contribution in [0, 0.1) is 5.92 Å². The summed E-state index contributed by atoms with van der Waals surface area (Å²) in [6, 6.07) is 7.51. The Morgan fingerprint density at radius 3 is 2.40 bits per heavy atom. The van der Waals surface area contributed by atoms with Crippen molar-refractivity contribution in [3.8, 4) is 0 Å². The van der Waals surface area contributed by atoms with Crippen LogP contribution >= 0.6 is 0 Å². The predicted octanol–water partition coefficient (Wildman–Crippen LogP) is 2.87. The van der Waals surface area contributed by atoms with Crippen LogP contribution in [-0.2, 0) is 11.2 Å². The summed E-state index contributed by atoms with van der Waals surface area (Å²) in [5, 5.41) is 11.1. The molecule has 0 fully saturated rings. The van der Waals surface area contributed by atoms with E-state index in [1.165, 1.54) is 12.0 Å². The number of aryl methyl sites for hydroxylation is 1. The maximum atomic E-state index is 11.7. The van der Waals surface area contributed by atoms with Gasteiger partial charge in [-0.25, -0.2) is 0 Å². The van der Waals surface area contributed by atoms with Crippen molar-refractivity contribution in [2.24, 2.45) is 5.92 Å². The number of carboxylic acid groups (broad SMARTS) is 1. The van der Waals surface area contributed by atoms with Crippen LogP contribution in [0.3, 0.4) is 0 Å². The van der Waals surface area contributed by atoms with Gasteiger partial charge in [-0.1, -0.05) is 32.4 Å². The van der Waals surface area contributed by atoms with Crippen molar-refractivity contribution in [3.63, 3.8) is 0 Å². The van der Waals surface area contributed by atoms with Crippen LogP contribution in [0.15, 0.2) is 24.3 Å². The van der Waals surface area contributed by atoms with E-state index in [4.69, 9.17) is 5.11 Å². The van der Waals surface area contributed by atoms with Crippen molar-refractivity contribution < 1.29 is 14.7 Å². The highest BCUT2D eigenvalue weighted by molar-refractivity contribution is 5.94. The third-order valence-electron chi connectivity index (χ3n) is 3.09. The van der Waals surface area contributed by atoms with Crippen LogP contribution in [0.25, 0.3) is 0 Å². The van der Waals surface area contributed by atoms with E-state index in [-0.39, 0.29) is 18.9 Å². The van der Waals surface area contributed by atoms with Crippen molar-refractivity contribution in [1.29, 1.82) is 0 Å². The molecule has 1 amide bonds. The number of rotatable bonds is 8. The number of nitrogens with one attached hydrogen (secondary N) is 1. The molecule has 0 aliphatic carbocycles. The van der Waals surface area contributed by atoms with Crippen LogP contribution in [-0.4, -0.2) is 23.5 Å². The standard InChI is InChI=1S/C16H23NO3/c1-12(2)4-3-5-13-6-8-14(9-7-13)16(20)17-11-10-15(18)19/h6-9,12H,3-5,10-11H2,1-2H3,(H,17,20)(H,18,19). The molecule has 0 atom stereocenters. The molecule has 2 N–H and O–H groups in total. The molecule has 0 spiro atoms. The summed E-state index contributed by atoms with van der Waals surface area (Å²) in [7, 11) is 0. The van der Waals surface area contributed by atoms with Gasteiger partial charge >= 0.3 is 5.97 Å². The summed E-state index contributed by atoms with van der Waals surface area (Å²) < 4.78 is 0. The molecular formula is C16H23NO3. The van der Waals surface area contributed by atoms with E-state index in [0.29, 0.717) is 11.5 Å². The van der Waals surface area contributed by atoms with Crippen LogP contribution in [0.1, 0.15) is 49.0 Å². The first-order valence-corrected chi connectivity index (χ1v) is 7.08. The van der Waals surface area contributed by atoms with E-state index >= 15 is 0 Å². The van der Waals surface area contributed by atoms with Crippen molar-refractivity contribution in [2.75, 3.05) is 6.54 Å². The van der Waals surface area contributed by atoms with E-state index in [2.05, 4.69) is 19.2 Å². The second-order valence-electron chi connectivity index (χ2n) is 5.38. The van der Waals surface area contributed by atoms with Crippen LogP contribution in [0.4, 0.5) is 0 Å². The molecule has 110 valence electrons. The molecular weight excluding hydrogens is 254 g/mol. The molecule has 0 aliphatic heterocycles. The van der Waals surface area contributed by atoms with Gasteiger partial charge in [0.25, 0.3) is 5.91 Å². The van der Waals surface area contributed by atoms with Gasteiger partial charge in [0, 0.05) is 12.1 Å². The number of carbonyl (C=O) groups is 2. The van der Waals surface area contributed by atoms with Gasteiger partial charge in [0.1, 0.15) is 0 Å². The lowest BCUT2D eigenvalue weighted by molar-refractivity contribution is -0.136. The fourth-order valence-corrected chi connectivity index (χ4v) is 1.92. The lowest BCUT2D eigenvalue weighted by atomic mass is 10.0. The van der Waals surface area contributed by atoms with E-state index in [9.17, 15) is 9.59 Å². The highest BCUT2D eigenvalue weighted by atomic mass is 16.4. The van der Waals surface area contributed by atoms with Crippen LogP contribution in [0.5, 0.6) is 0 Å². The highest BCUT2D eigenvalue weighted by Crippen LogP contribution is 2.11. The summed E-state index contributed by atoms with van der Waals surface area (Å²) >= 11 is 0. The van der Waals surface area contributed by atoms with Gasteiger partial charge in [0.2, 0.25) is 0 Å². The predicted molar refractivity (Wildman–Crippen MR) is 78.8 cm³/mol. The molecule has 0 aromatic heterocycles. The lowest BCUT2D eigenvalue weighted by Gasteiger charge is -2.06. The Bertz CT molecular complexity index is 438. The zero-order valence-electron chi connectivity index (χ0n) is 12.2. The SMILES string of the molecule is CC(C)CCCc1ccc(C(=O)NCCC(=O)O)cc1. The number of carbonyl (C=O) groups excluding carboxylic acids is 1. The van der Waals surface area contributed by atoms with E-state index in [1.54, 1.807) is 12.1 Å². The minimum Gasteiger partial charge on any atom is -0.481 e. The first-order valence-electron chi connectivity index (χ1n) is 7.08. The quantitative estimate of drug-likeness (QED) is 0.768. The van der Waals surface area contributed by atoms with Crippen molar-refractivity contribution in [3.05, 3.63) is 35.4 Å². The normalized spacial score (nSPS) is 10.6. The molecule has 0 saturated heterocycles. The molecule has 0 saturated carbocycles. The average molecular weight is 277 g/mol. The lowest BCUT2D eigenvalue weighted by Crippen LogP contribution is -2.25. The van der Waals surface area contributed by atoms with Gasteiger partial charge in [0.05, 0.1) is 6.42 Å². The smallest absolute Gasteiger partial charge is 0.305 e. The molecule has 0 unspecified atom stereocenters. The molecule has 20 heavy (non-hydrogen) atoms. The molecule has 1 aromatic rings. The summed E-state index contributed by atoms with van der Waals surface area (Å²) in [5.74, 6) is -0.417. The maximum absolute atomic E-state index is 11.7. The topological polar surface area (TPSA) is 66.4 Å². The van der Waals surface area contributed by atoms with Gasteiger partial charge in [0.15, 0.2) is 0 Å². The molecule has 1 rings (SSSR count). The van der Waals surface area contributed by atoms with Gasteiger partial charge < -0.3 is 10.4 Å². The van der Waals surface area contributed by atoms with Crippen molar-refractivity contribution in [1.82, 2.24) is 5.32 Å². The average Bonchev–Trinajstić information content (AvgIpc) is 2.38. The molecule has 0 bridgehead atoms.